The number of Topliss-reactive ketones (excluding diaryl/α,β-unsaturated/α-hetero) is 1. The first kappa shape index (κ1) is 16.2. The molecule has 2 aromatic rings. The molecule has 114 valence electrons. The first-order chi connectivity index (χ1) is 10.5. The van der Waals surface area contributed by atoms with Gasteiger partial charge in [-0.05, 0) is 41.1 Å². The van der Waals surface area contributed by atoms with Gasteiger partial charge in [0.2, 0.25) is 0 Å². The van der Waals surface area contributed by atoms with Crippen LogP contribution in [0.2, 0.25) is 0 Å². The molecule has 0 aliphatic heterocycles. The van der Waals surface area contributed by atoms with E-state index in [2.05, 4.69) is 20.9 Å². The molecule has 22 heavy (non-hydrogen) atoms. The molecule has 0 saturated heterocycles. The van der Waals surface area contributed by atoms with Crippen LogP contribution < -0.4 is 9.47 Å². The molecule has 0 fully saturated rings. The second kappa shape index (κ2) is 7.22. The van der Waals surface area contributed by atoms with Crippen LogP contribution in [0.25, 0.3) is 0 Å². The molecule has 0 N–H and O–H groups in total. The Morgan fingerprint density at radius 1 is 1.14 bits per heavy atom. The molecule has 0 amide bonds. The molecule has 4 nitrogen and oxygen atoms in total. The fraction of sp³-hybridized carbons (Fsp3) is 0.176. The molecule has 0 heterocycles. The smallest absolute Gasteiger partial charge is 0.159 e. The highest BCUT2D eigenvalue weighted by Gasteiger charge is 2.08. The molecule has 0 aliphatic rings. The fourth-order valence-corrected chi connectivity index (χ4v) is 2.46. The van der Waals surface area contributed by atoms with E-state index in [-0.39, 0.29) is 5.78 Å². The zero-order chi connectivity index (χ0) is 16.1. The van der Waals surface area contributed by atoms with E-state index in [1.165, 1.54) is 6.92 Å². The third kappa shape index (κ3) is 3.74. The number of ether oxygens (including phenoxy) is 2. The highest BCUT2D eigenvalue weighted by Crippen LogP contribution is 2.32. The van der Waals surface area contributed by atoms with Crippen LogP contribution in [0.1, 0.15) is 22.8 Å². The standard InChI is InChI=1S/C17H16BrNO3/c1-11(20)12-5-4-6-14(7-12)19-10-13-8-15(18)17(22-3)9-16(13)21-2/h4-10H,1-3H3. The number of aliphatic imine (C=N–C) groups is 1. The van der Waals surface area contributed by atoms with Crippen molar-refractivity contribution in [3.63, 3.8) is 0 Å². The van der Waals surface area contributed by atoms with Crippen molar-refractivity contribution in [2.24, 2.45) is 4.99 Å². The number of nitrogens with zero attached hydrogens (tertiary/aromatic N) is 1. The zero-order valence-electron chi connectivity index (χ0n) is 12.6. The summed E-state index contributed by atoms with van der Waals surface area (Å²) in [5.74, 6) is 1.36. The maximum atomic E-state index is 11.4. The van der Waals surface area contributed by atoms with Crippen molar-refractivity contribution >= 4 is 33.6 Å². The van der Waals surface area contributed by atoms with Gasteiger partial charge in [-0.3, -0.25) is 9.79 Å². The lowest BCUT2D eigenvalue weighted by atomic mass is 10.1. The molecule has 2 rings (SSSR count). The van der Waals surface area contributed by atoms with E-state index in [0.717, 1.165) is 10.0 Å². The van der Waals surface area contributed by atoms with Crippen molar-refractivity contribution in [1.29, 1.82) is 0 Å². The minimum Gasteiger partial charge on any atom is -0.496 e. The summed E-state index contributed by atoms with van der Waals surface area (Å²) in [6.07, 6.45) is 1.70. The van der Waals surface area contributed by atoms with Gasteiger partial charge in [-0.25, -0.2) is 0 Å². The number of carbonyl (C=O) groups excluding carboxylic acids is 1. The quantitative estimate of drug-likeness (QED) is 0.584. The Morgan fingerprint density at radius 2 is 1.86 bits per heavy atom. The second-order valence-corrected chi connectivity index (χ2v) is 5.45. The van der Waals surface area contributed by atoms with Gasteiger partial charge in [0.15, 0.2) is 5.78 Å². The highest BCUT2D eigenvalue weighted by molar-refractivity contribution is 9.10. The van der Waals surface area contributed by atoms with Crippen LogP contribution >= 0.6 is 15.9 Å². The van der Waals surface area contributed by atoms with Crippen LogP contribution in [0.5, 0.6) is 11.5 Å². The molecule has 0 radical (unpaired) electrons. The van der Waals surface area contributed by atoms with E-state index in [4.69, 9.17) is 9.47 Å². The zero-order valence-corrected chi connectivity index (χ0v) is 14.2. The number of rotatable bonds is 5. The summed E-state index contributed by atoms with van der Waals surface area (Å²) >= 11 is 3.44. The summed E-state index contributed by atoms with van der Waals surface area (Å²) in [5.41, 5.74) is 2.16. The lowest BCUT2D eigenvalue weighted by Crippen LogP contribution is -1.94. The lowest BCUT2D eigenvalue weighted by Gasteiger charge is -2.09. The number of benzene rings is 2. The van der Waals surface area contributed by atoms with Gasteiger partial charge in [0.25, 0.3) is 0 Å². The van der Waals surface area contributed by atoms with Crippen LogP contribution in [-0.4, -0.2) is 26.2 Å². The van der Waals surface area contributed by atoms with Gasteiger partial charge >= 0.3 is 0 Å². The first-order valence-electron chi connectivity index (χ1n) is 6.61. The van der Waals surface area contributed by atoms with E-state index in [0.29, 0.717) is 22.7 Å². The van der Waals surface area contributed by atoms with Crippen molar-refractivity contribution in [3.05, 3.63) is 52.0 Å². The normalized spacial score (nSPS) is 10.7. The lowest BCUT2D eigenvalue weighted by molar-refractivity contribution is 0.101. The largest absolute Gasteiger partial charge is 0.496 e. The fourth-order valence-electron chi connectivity index (χ4n) is 1.93. The van der Waals surface area contributed by atoms with E-state index in [1.54, 1.807) is 38.6 Å². The Morgan fingerprint density at radius 3 is 2.50 bits per heavy atom. The van der Waals surface area contributed by atoms with Gasteiger partial charge in [0, 0.05) is 23.4 Å². The molecule has 0 bridgehead atoms. The third-order valence-electron chi connectivity index (χ3n) is 3.11. The molecule has 0 atom stereocenters. The Balaban J connectivity index is 2.35. The molecule has 2 aromatic carbocycles. The van der Waals surface area contributed by atoms with Gasteiger partial charge in [0.05, 0.1) is 24.4 Å². The predicted octanol–water partition coefficient (Wildman–Crippen LogP) is 4.42. The summed E-state index contributed by atoms with van der Waals surface area (Å²) in [5, 5.41) is 0. The van der Waals surface area contributed by atoms with Gasteiger partial charge in [-0.15, -0.1) is 0 Å². The van der Waals surface area contributed by atoms with E-state index >= 15 is 0 Å². The van der Waals surface area contributed by atoms with Crippen LogP contribution in [0, 0.1) is 0 Å². The van der Waals surface area contributed by atoms with E-state index < -0.39 is 0 Å². The number of methoxy groups -OCH3 is 2. The average Bonchev–Trinajstić information content (AvgIpc) is 2.53. The van der Waals surface area contributed by atoms with Gasteiger partial charge < -0.3 is 9.47 Å². The maximum Gasteiger partial charge on any atom is 0.159 e. The van der Waals surface area contributed by atoms with Crippen molar-refractivity contribution in [3.8, 4) is 11.5 Å². The minimum atomic E-state index is 0.0156. The number of carbonyl (C=O) groups is 1. The van der Waals surface area contributed by atoms with E-state index in [9.17, 15) is 4.79 Å². The Kier molecular flexibility index (Phi) is 5.33. The number of hydrogen-bond acceptors (Lipinski definition) is 4. The monoisotopic (exact) mass is 361 g/mol. The van der Waals surface area contributed by atoms with Crippen molar-refractivity contribution in [1.82, 2.24) is 0 Å². The average molecular weight is 362 g/mol. The molecule has 0 aliphatic carbocycles. The van der Waals surface area contributed by atoms with Gasteiger partial charge in [0.1, 0.15) is 11.5 Å². The van der Waals surface area contributed by atoms with Crippen LogP contribution in [0.15, 0.2) is 45.9 Å². The topological polar surface area (TPSA) is 47.9 Å². The van der Waals surface area contributed by atoms with Crippen LogP contribution in [0.4, 0.5) is 5.69 Å². The van der Waals surface area contributed by atoms with Crippen LogP contribution in [0.3, 0.4) is 0 Å². The Labute approximate surface area is 137 Å². The first-order valence-corrected chi connectivity index (χ1v) is 7.41. The number of halogens is 1. The van der Waals surface area contributed by atoms with Crippen LogP contribution in [-0.2, 0) is 0 Å². The number of hydrogen-bond donors (Lipinski definition) is 0. The molecule has 5 heteroatoms. The maximum absolute atomic E-state index is 11.4. The van der Waals surface area contributed by atoms with Gasteiger partial charge in [-0.1, -0.05) is 12.1 Å². The van der Waals surface area contributed by atoms with Crippen molar-refractivity contribution in [2.75, 3.05) is 14.2 Å². The Bertz CT molecular complexity index is 726. The van der Waals surface area contributed by atoms with E-state index in [1.807, 2.05) is 18.2 Å². The van der Waals surface area contributed by atoms with Gasteiger partial charge in [-0.2, -0.15) is 0 Å². The molecule has 0 unspecified atom stereocenters. The highest BCUT2D eigenvalue weighted by atomic mass is 79.9. The van der Waals surface area contributed by atoms with Crippen molar-refractivity contribution in [2.45, 2.75) is 6.92 Å². The molecule has 0 saturated carbocycles. The Hall–Kier alpha value is -2.14. The summed E-state index contributed by atoms with van der Waals surface area (Å²) in [4.78, 5) is 15.8. The summed E-state index contributed by atoms with van der Waals surface area (Å²) in [6, 6.07) is 10.8. The minimum absolute atomic E-state index is 0.0156. The summed E-state index contributed by atoms with van der Waals surface area (Å²) < 4.78 is 11.4. The second-order valence-electron chi connectivity index (χ2n) is 4.59. The number of ketones is 1. The molecular weight excluding hydrogens is 346 g/mol. The van der Waals surface area contributed by atoms with Crippen molar-refractivity contribution < 1.29 is 14.3 Å². The SMILES string of the molecule is COc1cc(OC)c(C=Nc2cccc(C(C)=O)c2)cc1Br. The predicted molar refractivity (Wildman–Crippen MR) is 90.9 cm³/mol. The summed E-state index contributed by atoms with van der Waals surface area (Å²) in [7, 11) is 3.19. The molecular formula is C17H16BrNO3. The molecule has 0 spiro atoms. The molecule has 0 aromatic heterocycles. The third-order valence-corrected chi connectivity index (χ3v) is 3.73. The summed E-state index contributed by atoms with van der Waals surface area (Å²) in [6.45, 7) is 1.53.